The normalized spacial score (nSPS) is 15.1. The molecule has 1 aliphatic heterocycles. The molecule has 1 amide bonds. The topological polar surface area (TPSA) is 101 Å². The van der Waals surface area contributed by atoms with Gasteiger partial charge >= 0.3 is 0 Å². The van der Waals surface area contributed by atoms with Gasteiger partial charge in [-0.3, -0.25) is 14.9 Å². The van der Waals surface area contributed by atoms with Crippen molar-refractivity contribution in [3.8, 4) is 0 Å². The highest BCUT2D eigenvalue weighted by molar-refractivity contribution is 8.00. The summed E-state index contributed by atoms with van der Waals surface area (Å²) in [6, 6.07) is 6.91. The first kappa shape index (κ1) is 23.0. The number of nitrogens with zero attached hydrogens (tertiary/aromatic N) is 3. The Morgan fingerprint density at radius 1 is 1.00 bits per heavy atom. The number of carbonyl (C=O) groups is 1. The van der Waals surface area contributed by atoms with E-state index in [1.165, 1.54) is 40.9 Å². The Labute approximate surface area is 179 Å². The van der Waals surface area contributed by atoms with Crippen LogP contribution in [0.1, 0.15) is 0 Å². The molecular weight excluding hydrogens is 459 g/mol. The average molecular weight is 475 g/mol. The first-order valence-electron chi connectivity index (χ1n) is 8.90. The number of non-ortho nitro benzene ring substituents is 1. The highest BCUT2D eigenvalue weighted by Crippen LogP contribution is 2.25. The minimum Gasteiger partial charge on any atom is -0.339 e. The number of hydrogen-bond donors (Lipinski definition) is 0. The first-order chi connectivity index (χ1) is 14.6. The molecule has 0 atom stereocenters. The Kier molecular flexibility index (Phi) is 6.86. The summed E-state index contributed by atoms with van der Waals surface area (Å²) in [5.74, 6) is -5.35. The van der Waals surface area contributed by atoms with E-state index in [9.17, 15) is 36.5 Å². The minimum absolute atomic E-state index is 0.0440. The van der Waals surface area contributed by atoms with Gasteiger partial charge in [0.05, 0.1) is 10.7 Å². The average Bonchev–Trinajstić information content (AvgIpc) is 2.76. The summed E-state index contributed by atoms with van der Waals surface area (Å²) in [6.07, 6.45) is 0. The van der Waals surface area contributed by atoms with Crippen LogP contribution in [0.4, 0.5) is 18.9 Å². The van der Waals surface area contributed by atoms with Crippen molar-refractivity contribution in [2.24, 2.45) is 0 Å². The zero-order valence-corrected chi connectivity index (χ0v) is 17.5. The lowest BCUT2D eigenvalue weighted by Gasteiger charge is -2.34. The standard InChI is InChI=1S/C18H16F3N3O5S2/c19-14-5-6-15(18(21)17(14)20)31(28,29)23-9-7-22(8-10-23)16(25)11-30-13-3-1-12(2-4-13)24(26)27/h1-6H,7-11H2. The maximum absolute atomic E-state index is 13.9. The summed E-state index contributed by atoms with van der Waals surface area (Å²) in [4.78, 5) is 23.7. The van der Waals surface area contributed by atoms with Crippen molar-refractivity contribution in [2.45, 2.75) is 9.79 Å². The molecule has 0 saturated carbocycles. The lowest BCUT2D eigenvalue weighted by molar-refractivity contribution is -0.384. The number of halogens is 3. The maximum atomic E-state index is 13.9. The number of hydrogen-bond acceptors (Lipinski definition) is 6. The van der Waals surface area contributed by atoms with Gasteiger partial charge in [-0.25, -0.2) is 21.6 Å². The zero-order valence-electron chi connectivity index (χ0n) is 15.8. The second kappa shape index (κ2) is 9.24. The Balaban J connectivity index is 1.58. The van der Waals surface area contributed by atoms with Crippen LogP contribution in [0, 0.1) is 27.6 Å². The molecule has 1 saturated heterocycles. The second-order valence-electron chi connectivity index (χ2n) is 6.50. The Morgan fingerprint density at radius 2 is 1.61 bits per heavy atom. The van der Waals surface area contributed by atoms with Crippen molar-refractivity contribution in [1.29, 1.82) is 0 Å². The quantitative estimate of drug-likeness (QED) is 0.276. The molecule has 3 rings (SSSR count). The van der Waals surface area contributed by atoms with Crippen molar-refractivity contribution in [3.63, 3.8) is 0 Å². The van der Waals surface area contributed by atoms with Gasteiger partial charge in [0.25, 0.3) is 5.69 Å². The van der Waals surface area contributed by atoms with E-state index in [1.54, 1.807) is 0 Å². The fourth-order valence-corrected chi connectivity index (χ4v) is 5.20. The molecular formula is C18H16F3N3O5S2. The predicted octanol–water partition coefficient (Wildman–Crippen LogP) is 2.64. The molecule has 0 aliphatic carbocycles. The van der Waals surface area contributed by atoms with E-state index in [0.29, 0.717) is 17.0 Å². The molecule has 0 spiro atoms. The number of nitro benzene ring substituents is 1. The molecule has 1 heterocycles. The molecule has 13 heteroatoms. The molecule has 8 nitrogen and oxygen atoms in total. The zero-order chi connectivity index (χ0) is 22.8. The largest absolute Gasteiger partial charge is 0.339 e. The third-order valence-electron chi connectivity index (χ3n) is 4.62. The molecule has 1 fully saturated rings. The number of sulfonamides is 1. The highest BCUT2D eigenvalue weighted by atomic mass is 32.2. The van der Waals surface area contributed by atoms with E-state index in [2.05, 4.69) is 0 Å². The van der Waals surface area contributed by atoms with E-state index in [1.807, 2.05) is 0 Å². The highest BCUT2D eigenvalue weighted by Gasteiger charge is 2.33. The molecule has 31 heavy (non-hydrogen) atoms. The number of nitro groups is 1. The minimum atomic E-state index is -4.39. The molecule has 166 valence electrons. The summed E-state index contributed by atoms with van der Waals surface area (Å²) < 4.78 is 66.5. The molecule has 0 aromatic heterocycles. The van der Waals surface area contributed by atoms with Crippen LogP contribution in [0.25, 0.3) is 0 Å². The van der Waals surface area contributed by atoms with Crippen LogP contribution in [0.2, 0.25) is 0 Å². The Hall–Kier alpha value is -2.64. The fraction of sp³-hybridized carbons (Fsp3) is 0.278. The summed E-state index contributed by atoms with van der Waals surface area (Å²) in [5.41, 5.74) is -0.0644. The Morgan fingerprint density at radius 3 is 2.19 bits per heavy atom. The molecule has 0 N–H and O–H groups in total. The molecule has 0 bridgehead atoms. The van der Waals surface area contributed by atoms with Crippen molar-refractivity contribution in [2.75, 3.05) is 31.9 Å². The van der Waals surface area contributed by atoms with Crippen LogP contribution < -0.4 is 0 Å². The molecule has 0 unspecified atom stereocenters. The van der Waals surface area contributed by atoms with Crippen molar-refractivity contribution >= 4 is 33.4 Å². The molecule has 0 radical (unpaired) electrons. The summed E-state index contributed by atoms with van der Waals surface area (Å²) >= 11 is 1.18. The SMILES string of the molecule is O=C(CSc1ccc([N+](=O)[O-])cc1)N1CCN(S(=O)(=O)c2ccc(F)c(F)c2F)CC1. The monoisotopic (exact) mass is 475 g/mol. The van der Waals surface area contributed by atoms with Crippen LogP contribution >= 0.6 is 11.8 Å². The van der Waals surface area contributed by atoms with Crippen LogP contribution in [0.15, 0.2) is 46.2 Å². The van der Waals surface area contributed by atoms with Crippen LogP contribution in [-0.2, 0) is 14.8 Å². The lowest BCUT2D eigenvalue weighted by atomic mass is 10.3. The fourth-order valence-electron chi connectivity index (χ4n) is 2.92. The second-order valence-corrected chi connectivity index (χ2v) is 9.45. The number of amides is 1. The van der Waals surface area contributed by atoms with Crippen molar-refractivity contribution in [3.05, 3.63) is 64.0 Å². The first-order valence-corrected chi connectivity index (χ1v) is 11.3. The lowest BCUT2D eigenvalue weighted by Crippen LogP contribution is -2.51. The van der Waals surface area contributed by atoms with Crippen molar-refractivity contribution in [1.82, 2.24) is 9.21 Å². The van der Waals surface area contributed by atoms with Crippen LogP contribution in [0.3, 0.4) is 0 Å². The molecule has 1 aliphatic rings. The van der Waals surface area contributed by atoms with E-state index in [-0.39, 0.29) is 43.5 Å². The number of carbonyl (C=O) groups excluding carboxylic acids is 1. The summed E-state index contributed by atoms with van der Waals surface area (Å²) in [7, 11) is -4.39. The number of thioether (sulfide) groups is 1. The third kappa shape index (κ3) is 4.99. The van der Waals surface area contributed by atoms with Crippen LogP contribution in [-0.4, -0.2) is 60.4 Å². The smallest absolute Gasteiger partial charge is 0.269 e. The van der Waals surface area contributed by atoms with Gasteiger partial charge in [-0.1, -0.05) is 0 Å². The van der Waals surface area contributed by atoms with Crippen LogP contribution in [0.5, 0.6) is 0 Å². The third-order valence-corrected chi connectivity index (χ3v) is 7.53. The molecule has 2 aromatic rings. The number of piperazine rings is 1. The van der Waals surface area contributed by atoms with Gasteiger partial charge in [-0.2, -0.15) is 4.31 Å². The predicted molar refractivity (Wildman–Crippen MR) is 105 cm³/mol. The molecule has 2 aromatic carbocycles. The maximum Gasteiger partial charge on any atom is 0.269 e. The van der Waals surface area contributed by atoms with E-state index >= 15 is 0 Å². The summed E-state index contributed by atoms with van der Waals surface area (Å²) in [6.45, 7) is -0.169. The van der Waals surface area contributed by atoms with E-state index in [4.69, 9.17) is 0 Å². The van der Waals surface area contributed by atoms with E-state index < -0.39 is 37.3 Å². The van der Waals surface area contributed by atoms with Gasteiger partial charge in [-0.15, -0.1) is 11.8 Å². The van der Waals surface area contributed by atoms with Gasteiger partial charge in [-0.05, 0) is 24.3 Å². The summed E-state index contributed by atoms with van der Waals surface area (Å²) in [5, 5.41) is 10.7. The Bertz CT molecular complexity index is 1110. The van der Waals surface area contributed by atoms with Crippen molar-refractivity contribution < 1.29 is 31.3 Å². The van der Waals surface area contributed by atoms with Gasteiger partial charge < -0.3 is 4.90 Å². The van der Waals surface area contributed by atoms with Gasteiger partial charge in [0.15, 0.2) is 17.5 Å². The number of rotatable bonds is 6. The van der Waals surface area contributed by atoms with E-state index in [0.717, 1.165) is 4.31 Å². The van der Waals surface area contributed by atoms with Gasteiger partial charge in [0.2, 0.25) is 15.9 Å². The number of benzene rings is 2. The van der Waals surface area contributed by atoms with Gasteiger partial charge in [0, 0.05) is 43.2 Å². The van der Waals surface area contributed by atoms with Gasteiger partial charge in [0.1, 0.15) is 4.90 Å².